The van der Waals surface area contributed by atoms with Gasteiger partial charge in [0.2, 0.25) is 0 Å². The summed E-state index contributed by atoms with van der Waals surface area (Å²) in [5.74, 6) is 3.13. The zero-order chi connectivity index (χ0) is 38.7. The van der Waals surface area contributed by atoms with Crippen molar-refractivity contribution in [3.05, 3.63) is 114 Å². The lowest BCUT2D eigenvalue weighted by Gasteiger charge is -2.33. The van der Waals surface area contributed by atoms with Crippen molar-refractivity contribution < 1.29 is 38.1 Å². The molecule has 0 radical (unpaired) electrons. The second-order valence-corrected chi connectivity index (χ2v) is 14.4. The Morgan fingerprint density at radius 1 is 0.582 bits per heavy atom. The molecule has 12 nitrogen and oxygen atoms in total. The topological polar surface area (TPSA) is 127 Å². The molecular weight excluding hydrogens is 700 g/mol. The summed E-state index contributed by atoms with van der Waals surface area (Å²) in [5, 5.41) is 3.26. The van der Waals surface area contributed by atoms with E-state index in [4.69, 9.17) is 18.9 Å². The van der Waals surface area contributed by atoms with Crippen molar-refractivity contribution in [2.45, 2.75) is 38.2 Å². The SMILES string of the molecule is COc1ccc(CN2CC(=O)C3C=CNC3C2)cc1.COc1ccc(CN2CC(=O)C3C=COC3C2)cc1.COc1ccc(CN2CC(=O)CC(=O)C2)cc1. The fourth-order valence-corrected chi connectivity index (χ4v) is 7.45. The number of benzene rings is 3. The van der Waals surface area contributed by atoms with Gasteiger partial charge in [0.25, 0.3) is 0 Å². The second-order valence-electron chi connectivity index (χ2n) is 14.4. The molecule has 8 rings (SSSR count). The number of fused-ring (bicyclic) bond motifs is 2. The van der Waals surface area contributed by atoms with Gasteiger partial charge in [0, 0.05) is 32.7 Å². The number of carbonyl (C=O) groups is 4. The minimum atomic E-state index is -0.0351. The number of nitrogens with one attached hydrogen (secondary N) is 1. The van der Waals surface area contributed by atoms with Crippen LogP contribution in [0.2, 0.25) is 0 Å². The van der Waals surface area contributed by atoms with Crippen LogP contribution in [0.15, 0.2) is 97.4 Å². The Hall–Kier alpha value is -5.30. The van der Waals surface area contributed by atoms with Gasteiger partial charge in [0.1, 0.15) is 23.4 Å². The monoisotopic (exact) mass is 750 g/mol. The molecule has 0 bridgehead atoms. The molecule has 5 aliphatic heterocycles. The van der Waals surface area contributed by atoms with Crippen molar-refractivity contribution >= 4 is 23.1 Å². The predicted octanol–water partition coefficient (Wildman–Crippen LogP) is 3.83. The van der Waals surface area contributed by atoms with E-state index in [1.54, 1.807) is 27.6 Å². The van der Waals surface area contributed by atoms with Crippen LogP contribution in [0.25, 0.3) is 0 Å². The van der Waals surface area contributed by atoms with Crippen LogP contribution in [0.4, 0.5) is 0 Å². The van der Waals surface area contributed by atoms with Crippen LogP contribution in [0.1, 0.15) is 23.1 Å². The van der Waals surface area contributed by atoms with Gasteiger partial charge >= 0.3 is 0 Å². The van der Waals surface area contributed by atoms with Gasteiger partial charge < -0.3 is 24.3 Å². The van der Waals surface area contributed by atoms with Gasteiger partial charge in [0.05, 0.1) is 78.1 Å². The first-order chi connectivity index (χ1) is 26.7. The van der Waals surface area contributed by atoms with Crippen LogP contribution in [0, 0.1) is 11.8 Å². The van der Waals surface area contributed by atoms with Crippen molar-refractivity contribution in [1.82, 2.24) is 20.0 Å². The average molecular weight is 751 g/mol. The zero-order valence-electron chi connectivity index (χ0n) is 31.7. The molecule has 55 heavy (non-hydrogen) atoms. The smallest absolute Gasteiger partial charge is 0.157 e. The molecule has 4 atom stereocenters. The van der Waals surface area contributed by atoms with E-state index in [0.29, 0.717) is 38.5 Å². The van der Waals surface area contributed by atoms with Gasteiger partial charge in [-0.2, -0.15) is 0 Å². The van der Waals surface area contributed by atoms with Gasteiger partial charge in [0.15, 0.2) is 23.1 Å². The maximum atomic E-state index is 12.0. The molecule has 12 heteroatoms. The van der Waals surface area contributed by atoms with E-state index in [2.05, 4.69) is 27.2 Å². The van der Waals surface area contributed by atoms with E-state index >= 15 is 0 Å². The molecule has 5 heterocycles. The summed E-state index contributed by atoms with van der Waals surface area (Å²) in [5.41, 5.74) is 3.46. The largest absolute Gasteiger partial charge is 0.497 e. The number of piperidine rings is 3. The molecule has 4 unspecified atom stereocenters. The molecule has 0 aliphatic carbocycles. The lowest BCUT2D eigenvalue weighted by molar-refractivity contribution is -0.133. The summed E-state index contributed by atoms with van der Waals surface area (Å²) < 4.78 is 20.8. The molecule has 0 saturated carbocycles. The highest BCUT2D eigenvalue weighted by Gasteiger charge is 2.38. The third-order valence-electron chi connectivity index (χ3n) is 10.3. The molecule has 3 aromatic carbocycles. The number of carbonyl (C=O) groups excluding carboxylic acids is 4. The Balaban J connectivity index is 0.000000141. The summed E-state index contributed by atoms with van der Waals surface area (Å²) in [6.07, 6.45) is 7.52. The number of methoxy groups -OCH3 is 3. The fourth-order valence-electron chi connectivity index (χ4n) is 7.45. The van der Waals surface area contributed by atoms with Crippen LogP contribution < -0.4 is 19.5 Å². The van der Waals surface area contributed by atoms with Gasteiger partial charge in [-0.3, -0.25) is 33.9 Å². The lowest BCUT2D eigenvalue weighted by atomic mass is 9.92. The molecule has 5 aliphatic rings. The van der Waals surface area contributed by atoms with Crippen molar-refractivity contribution in [2.75, 3.05) is 60.6 Å². The van der Waals surface area contributed by atoms with Crippen LogP contribution in [0.5, 0.6) is 17.2 Å². The number of nitrogens with zero attached hydrogens (tertiary/aromatic N) is 3. The van der Waals surface area contributed by atoms with Gasteiger partial charge in [-0.1, -0.05) is 42.5 Å². The van der Waals surface area contributed by atoms with Crippen LogP contribution >= 0.6 is 0 Å². The molecular formula is C43H50N4O8. The number of likely N-dealkylation sites (tertiary alicyclic amines) is 3. The summed E-state index contributed by atoms with van der Waals surface area (Å²) in [7, 11) is 4.94. The lowest BCUT2D eigenvalue weighted by Crippen LogP contribution is -2.51. The molecule has 290 valence electrons. The Morgan fingerprint density at radius 3 is 1.53 bits per heavy atom. The minimum absolute atomic E-state index is 0.000464. The average Bonchev–Trinajstić information content (AvgIpc) is 3.87. The summed E-state index contributed by atoms with van der Waals surface area (Å²) in [6.45, 7) is 5.70. The highest BCUT2D eigenvalue weighted by atomic mass is 16.5. The summed E-state index contributed by atoms with van der Waals surface area (Å²) in [4.78, 5) is 52.8. The number of ketones is 4. The van der Waals surface area contributed by atoms with Crippen molar-refractivity contribution in [1.29, 1.82) is 0 Å². The molecule has 3 saturated heterocycles. The van der Waals surface area contributed by atoms with Crippen molar-refractivity contribution in [3.8, 4) is 17.2 Å². The van der Waals surface area contributed by atoms with Crippen LogP contribution in [0.3, 0.4) is 0 Å². The second kappa shape index (κ2) is 18.8. The predicted molar refractivity (Wildman–Crippen MR) is 207 cm³/mol. The van der Waals surface area contributed by atoms with E-state index < -0.39 is 0 Å². The van der Waals surface area contributed by atoms with Crippen LogP contribution in [-0.4, -0.2) is 111 Å². The Kier molecular flexibility index (Phi) is 13.5. The van der Waals surface area contributed by atoms with E-state index in [9.17, 15) is 19.2 Å². The fraction of sp³-hybridized carbons (Fsp3) is 0.395. The van der Waals surface area contributed by atoms with E-state index in [1.165, 1.54) is 11.1 Å². The number of Topliss-reactive ketones (excluding diaryl/α,β-unsaturated/α-hetero) is 4. The zero-order valence-corrected chi connectivity index (χ0v) is 31.7. The summed E-state index contributed by atoms with van der Waals surface area (Å²) in [6, 6.07) is 23.9. The van der Waals surface area contributed by atoms with Gasteiger partial charge in [-0.25, -0.2) is 0 Å². The standard InChI is InChI=1S/C15H18N2O2.C15H17NO3.C13H15NO3/c1-19-12-4-2-11(3-5-12)8-17-9-14-13(6-7-16-14)15(18)10-17;1-18-12-4-2-11(3-5-12)8-16-9-14(17)13-6-7-19-15(13)10-16;1-17-13-4-2-10(3-5-13)7-14-8-11(15)6-12(16)9-14/h2-7,13-14,16H,8-10H2,1H3;2-7,13,15H,8-10H2,1H3;2-5H,6-9H2,1H3. The first-order valence-corrected chi connectivity index (χ1v) is 18.6. The molecule has 1 N–H and O–H groups in total. The number of ether oxygens (including phenoxy) is 4. The Morgan fingerprint density at radius 2 is 1.04 bits per heavy atom. The molecule has 0 aromatic heterocycles. The minimum Gasteiger partial charge on any atom is -0.497 e. The maximum absolute atomic E-state index is 12.0. The maximum Gasteiger partial charge on any atom is 0.157 e. The summed E-state index contributed by atoms with van der Waals surface area (Å²) >= 11 is 0. The normalized spacial score (nSPS) is 23.3. The molecule has 0 amide bonds. The highest BCUT2D eigenvalue weighted by Crippen LogP contribution is 2.26. The molecule has 3 fully saturated rings. The highest BCUT2D eigenvalue weighted by molar-refractivity contribution is 6.03. The Labute approximate surface area is 322 Å². The number of hydrogen-bond acceptors (Lipinski definition) is 12. The Bertz CT molecular complexity index is 1730. The first kappa shape index (κ1) is 39.4. The van der Waals surface area contributed by atoms with Crippen molar-refractivity contribution in [3.63, 3.8) is 0 Å². The quantitative estimate of drug-likeness (QED) is 0.320. The third-order valence-corrected chi connectivity index (χ3v) is 10.3. The number of rotatable bonds is 9. The van der Waals surface area contributed by atoms with Gasteiger partial charge in [-0.15, -0.1) is 0 Å². The van der Waals surface area contributed by atoms with Gasteiger partial charge in [-0.05, 0) is 65.4 Å². The molecule has 3 aromatic rings. The first-order valence-electron chi connectivity index (χ1n) is 18.6. The van der Waals surface area contributed by atoms with E-state index in [-0.39, 0.29) is 47.8 Å². The van der Waals surface area contributed by atoms with Crippen LogP contribution in [-0.2, 0) is 43.5 Å². The third kappa shape index (κ3) is 10.9. The van der Waals surface area contributed by atoms with E-state index in [1.807, 2.05) is 83.9 Å². The molecule has 0 spiro atoms. The number of hydrogen-bond donors (Lipinski definition) is 1. The van der Waals surface area contributed by atoms with E-state index in [0.717, 1.165) is 49.0 Å². The van der Waals surface area contributed by atoms with Crippen molar-refractivity contribution in [2.24, 2.45) is 11.8 Å².